The molecule has 1 N–H and O–H groups in total. The molecule has 2 aromatic rings. The number of rotatable bonds is 3. The van der Waals surface area contributed by atoms with E-state index in [1.807, 2.05) is 17.0 Å². The van der Waals surface area contributed by atoms with Crippen molar-refractivity contribution < 1.29 is 14.6 Å². The topological polar surface area (TPSA) is 75.6 Å². The second kappa shape index (κ2) is 7.21. The zero-order valence-corrected chi connectivity index (χ0v) is 14.9. The van der Waals surface area contributed by atoms with Gasteiger partial charge in [0.2, 0.25) is 0 Å². The van der Waals surface area contributed by atoms with E-state index < -0.39 is 6.10 Å². The van der Waals surface area contributed by atoms with Gasteiger partial charge >= 0.3 is 0 Å². The number of ether oxygens (including phenoxy) is 1. The lowest BCUT2D eigenvalue weighted by molar-refractivity contribution is -0.0231. The first-order valence-electron chi connectivity index (χ1n) is 8.76. The summed E-state index contributed by atoms with van der Waals surface area (Å²) in [5, 5.41) is 18.6. The summed E-state index contributed by atoms with van der Waals surface area (Å²) in [6.07, 6.45) is 3.53. The van der Waals surface area contributed by atoms with E-state index in [-0.39, 0.29) is 12.0 Å². The molecule has 2 aliphatic rings. The minimum absolute atomic E-state index is 0.0314. The van der Waals surface area contributed by atoms with E-state index in [4.69, 9.17) is 16.3 Å². The van der Waals surface area contributed by atoms with Crippen LogP contribution in [0.15, 0.2) is 42.7 Å². The highest BCUT2D eigenvalue weighted by Crippen LogP contribution is 2.38. The third-order valence-electron chi connectivity index (χ3n) is 5.29. The van der Waals surface area contributed by atoms with Crippen molar-refractivity contribution in [3.63, 3.8) is 0 Å². The van der Waals surface area contributed by atoms with Gasteiger partial charge in [0.25, 0.3) is 5.91 Å². The molecule has 6 nitrogen and oxygen atoms in total. The number of benzene rings is 1. The minimum atomic E-state index is -0.548. The number of amides is 1. The van der Waals surface area contributed by atoms with Crippen molar-refractivity contribution in [2.75, 3.05) is 13.1 Å². The maximum atomic E-state index is 12.6. The number of hydrogen-bond donors (Lipinski definition) is 1. The fourth-order valence-electron chi connectivity index (χ4n) is 4.00. The van der Waals surface area contributed by atoms with Crippen molar-refractivity contribution in [3.8, 4) is 5.75 Å². The molecule has 1 aromatic carbocycles. The Hall–Kier alpha value is -2.18. The number of halogens is 1. The van der Waals surface area contributed by atoms with Crippen LogP contribution in [0.25, 0.3) is 0 Å². The number of carbonyl (C=O) groups is 1. The first-order valence-corrected chi connectivity index (χ1v) is 9.14. The first-order chi connectivity index (χ1) is 12.6. The number of hydrogen-bond acceptors (Lipinski definition) is 5. The summed E-state index contributed by atoms with van der Waals surface area (Å²) < 4.78 is 5.98. The zero-order valence-electron chi connectivity index (χ0n) is 14.2. The van der Waals surface area contributed by atoms with Crippen molar-refractivity contribution in [1.29, 1.82) is 0 Å². The van der Waals surface area contributed by atoms with Gasteiger partial charge < -0.3 is 14.7 Å². The average Bonchev–Trinajstić information content (AvgIpc) is 3.05. The largest absolute Gasteiger partial charge is 0.488 e. The molecule has 26 heavy (non-hydrogen) atoms. The number of likely N-dealkylation sites (tertiary alicyclic amines) is 1. The molecule has 1 amide bonds. The van der Waals surface area contributed by atoms with Gasteiger partial charge in [-0.1, -0.05) is 17.7 Å². The predicted molar refractivity (Wildman–Crippen MR) is 96.0 cm³/mol. The van der Waals surface area contributed by atoms with Crippen LogP contribution in [0, 0.1) is 11.8 Å². The van der Waals surface area contributed by atoms with Crippen molar-refractivity contribution in [3.05, 3.63) is 53.3 Å². The lowest BCUT2D eigenvalue weighted by Crippen LogP contribution is -2.42. The van der Waals surface area contributed by atoms with Crippen LogP contribution in [0.4, 0.5) is 0 Å². The molecular weight excluding hydrogens is 354 g/mol. The van der Waals surface area contributed by atoms with Crippen LogP contribution in [-0.2, 0) is 0 Å². The van der Waals surface area contributed by atoms with Crippen LogP contribution in [0.5, 0.6) is 5.75 Å². The second-order valence-electron chi connectivity index (χ2n) is 7.01. The van der Waals surface area contributed by atoms with Gasteiger partial charge in [-0.25, -0.2) is 0 Å². The smallest absolute Gasteiger partial charge is 0.255 e. The van der Waals surface area contributed by atoms with E-state index in [9.17, 15) is 9.90 Å². The van der Waals surface area contributed by atoms with Gasteiger partial charge in [0, 0.05) is 18.1 Å². The maximum Gasteiger partial charge on any atom is 0.255 e. The number of aromatic nitrogens is 2. The molecule has 0 radical (unpaired) electrons. The lowest BCUT2D eigenvalue weighted by atomic mass is 9.78. The second-order valence-corrected chi connectivity index (χ2v) is 7.45. The van der Waals surface area contributed by atoms with E-state index in [0.717, 1.165) is 6.42 Å². The third-order valence-corrected chi connectivity index (χ3v) is 5.52. The number of fused-ring (bicyclic) bond motifs is 1. The van der Waals surface area contributed by atoms with Crippen molar-refractivity contribution in [1.82, 2.24) is 15.1 Å². The Morgan fingerprint density at radius 1 is 1.19 bits per heavy atom. The molecule has 0 unspecified atom stereocenters. The lowest BCUT2D eigenvalue weighted by Gasteiger charge is -2.35. The quantitative estimate of drug-likeness (QED) is 0.894. The molecule has 7 heteroatoms. The van der Waals surface area contributed by atoms with Gasteiger partial charge in [-0.2, -0.15) is 10.2 Å². The molecule has 1 saturated carbocycles. The Balaban J connectivity index is 1.42. The van der Waals surface area contributed by atoms with E-state index in [0.29, 0.717) is 47.7 Å². The van der Waals surface area contributed by atoms with Gasteiger partial charge in [0.05, 0.1) is 24.1 Å². The summed E-state index contributed by atoms with van der Waals surface area (Å²) in [4.78, 5) is 14.5. The zero-order chi connectivity index (χ0) is 18.1. The average molecular weight is 374 g/mol. The van der Waals surface area contributed by atoms with Crippen molar-refractivity contribution >= 4 is 17.5 Å². The number of carbonyl (C=O) groups excluding carboxylic acids is 1. The molecule has 1 saturated heterocycles. The molecule has 0 spiro atoms. The highest BCUT2D eigenvalue weighted by molar-refractivity contribution is 6.30. The Kier molecular flexibility index (Phi) is 4.78. The van der Waals surface area contributed by atoms with Gasteiger partial charge in [0.1, 0.15) is 11.9 Å². The molecule has 4 rings (SSSR count). The molecular formula is C19H20ClN3O3. The number of aliphatic hydroxyl groups is 1. The number of nitrogens with zero attached hydrogens (tertiary/aromatic N) is 3. The minimum Gasteiger partial charge on any atom is -0.488 e. The molecule has 136 valence electrons. The first kappa shape index (κ1) is 17.2. The molecule has 2 fully saturated rings. The maximum absolute atomic E-state index is 12.6. The summed E-state index contributed by atoms with van der Waals surface area (Å²) >= 11 is 6.00. The van der Waals surface area contributed by atoms with E-state index in [1.165, 1.54) is 12.4 Å². The Labute approximate surface area is 156 Å². The summed E-state index contributed by atoms with van der Waals surface area (Å²) in [5.41, 5.74) is 0.547. The number of aliphatic hydroxyl groups excluding tert-OH is 1. The molecule has 2 heterocycles. The Morgan fingerprint density at radius 3 is 2.73 bits per heavy atom. The molecule has 4 atom stereocenters. The normalized spacial score (nSPS) is 27.8. The molecule has 1 aliphatic carbocycles. The van der Waals surface area contributed by atoms with E-state index >= 15 is 0 Å². The highest BCUT2D eigenvalue weighted by atomic mass is 35.5. The van der Waals surface area contributed by atoms with Gasteiger partial charge in [0.15, 0.2) is 0 Å². The predicted octanol–water partition coefficient (Wildman–Crippen LogP) is 2.42. The van der Waals surface area contributed by atoms with E-state index in [2.05, 4.69) is 10.2 Å². The summed E-state index contributed by atoms with van der Waals surface area (Å²) in [6.45, 7) is 1.33. The summed E-state index contributed by atoms with van der Waals surface area (Å²) in [5.74, 6) is 1.24. The van der Waals surface area contributed by atoms with Crippen LogP contribution in [0.1, 0.15) is 23.2 Å². The molecule has 1 aliphatic heterocycles. The van der Waals surface area contributed by atoms with Crippen LogP contribution in [-0.4, -0.2) is 51.4 Å². The molecule has 1 aromatic heterocycles. The highest BCUT2D eigenvalue weighted by Gasteiger charge is 2.44. The van der Waals surface area contributed by atoms with Crippen molar-refractivity contribution in [2.45, 2.75) is 25.0 Å². The fourth-order valence-corrected chi connectivity index (χ4v) is 4.18. The van der Waals surface area contributed by atoms with Crippen LogP contribution in [0.2, 0.25) is 5.02 Å². The van der Waals surface area contributed by atoms with E-state index in [1.54, 1.807) is 18.2 Å². The summed E-state index contributed by atoms with van der Waals surface area (Å²) in [7, 11) is 0. The van der Waals surface area contributed by atoms with Crippen LogP contribution < -0.4 is 4.74 Å². The standard InChI is InChI=1S/C19H20ClN3O3/c20-15-2-1-3-16(8-15)26-18-7-14-11-23(10-13(14)6-17(18)24)19(25)12-4-5-21-22-9-12/h1-5,8-9,13-14,17-18,24H,6-7,10-11H2/t13-,14+,17+,18+/m0/s1. The Morgan fingerprint density at radius 2 is 2.00 bits per heavy atom. The third kappa shape index (κ3) is 3.52. The van der Waals surface area contributed by atoms with Gasteiger partial charge in [-0.05, 0) is 48.9 Å². The fraction of sp³-hybridized carbons (Fsp3) is 0.421. The van der Waals surface area contributed by atoms with Crippen LogP contribution >= 0.6 is 11.6 Å². The van der Waals surface area contributed by atoms with Gasteiger partial charge in [-0.15, -0.1) is 0 Å². The SMILES string of the molecule is O=C(c1ccnnc1)N1C[C@H]2C[C@@H](Oc3cccc(Cl)c3)[C@H](O)C[C@H]2C1. The van der Waals surface area contributed by atoms with Crippen molar-refractivity contribution in [2.24, 2.45) is 11.8 Å². The van der Waals surface area contributed by atoms with Crippen LogP contribution in [0.3, 0.4) is 0 Å². The summed E-state index contributed by atoms with van der Waals surface area (Å²) in [6, 6.07) is 8.88. The Bertz CT molecular complexity index is 789. The molecule has 0 bridgehead atoms. The monoisotopic (exact) mass is 373 g/mol. The van der Waals surface area contributed by atoms with Gasteiger partial charge in [-0.3, -0.25) is 4.79 Å².